The van der Waals surface area contributed by atoms with E-state index >= 15 is 0 Å². The average Bonchev–Trinajstić information content (AvgIpc) is 3.29. The lowest BCUT2D eigenvalue weighted by Crippen LogP contribution is -2.25. The number of halogens is 1. The second-order valence-corrected chi connectivity index (χ2v) is 9.47. The van der Waals surface area contributed by atoms with Crippen LogP contribution in [-0.2, 0) is 17.9 Å². The van der Waals surface area contributed by atoms with E-state index in [1.165, 1.54) is 6.07 Å². The molecule has 3 aromatic carbocycles. The van der Waals surface area contributed by atoms with Crippen LogP contribution in [0.2, 0.25) is 5.02 Å². The number of hydrogen-bond acceptors (Lipinski definition) is 4. The van der Waals surface area contributed by atoms with Gasteiger partial charge in [0.2, 0.25) is 5.91 Å². The van der Waals surface area contributed by atoms with Gasteiger partial charge < -0.3 is 9.88 Å². The molecule has 0 aliphatic rings. The van der Waals surface area contributed by atoms with Crippen LogP contribution in [0.5, 0.6) is 0 Å². The molecule has 0 aliphatic carbocycles. The molecule has 1 unspecified atom stereocenters. The summed E-state index contributed by atoms with van der Waals surface area (Å²) in [5, 5.41) is 15.9. The van der Waals surface area contributed by atoms with Crippen molar-refractivity contribution in [2.45, 2.75) is 25.4 Å². The zero-order chi connectivity index (χ0) is 26.5. The highest BCUT2D eigenvalue weighted by atomic mass is 35.5. The van der Waals surface area contributed by atoms with Gasteiger partial charge in [0.25, 0.3) is 5.69 Å². The van der Waals surface area contributed by atoms with E-state index in [1.807, 2.05) is 66.9 Å². The van der Waals surface area contributed by atoms with Crippen molar-refractivity contribution in [3.05, 3.63) is 141 Å². The molecule has 2 heterocycles. The van der Waals surface area contributed by atoms with Crippen LogP contribution >= 0.6 is 11.6 Å². The maximum absolute atomic E-state index is 13.2. The fourth-order valence-corrected chi connectivity index (χ4v) is 4.99. The number of nitro groups is 1. The maximum Gasteiger partial charge on any atom is 0.270 e. The summed E-state index contributed by atoms with van der Waals surface area (Å²) in [4.78, 5) is 28.5. The summed E-state index contributed by atoms with van der Waals surface area (Å²) >= 11 is 6.64. The van der Waals surface area contributed by atoms with Crippen molar-refractivity contribution in [1.29, 1.82) is 0 Å². The minimum absolute atomic E-state index is 0.00346. The van der Waals surface area contributed by atoms with E-state index < -0.39 is 10.8 Å². The number of hydrogen-bond donors (Lipinski definition) is 1. The number of carbonyl (C=O) groups excluding carboxylic acids is 1. The lowest BCUT2D eigenvalue weighted by molar-refractivity contribution is -0.384. The third-order valence-corrected chi connectivity index (χ3v) is 6.93. The van der Waals surface area contributed by atoms with Crippen LogP contribution in [0.25, 0.3) is 10.9 Å². The number of aromatic nitrogens is 2. The lowest BCUT2D eigenvalue weighted by atomic mass is 9.87. The standard InChI is InChI=1S/C30H25ClN4O3/c31-28-9-5-4-8-24(28)25(17-30(36)33-18-21-12-14-32-15-13-21)27-20-34(19-22-6-2-1-3-7-22)29-11-10-23(35(37)38)16-26(27)29/h1-16,20,25H,17-19H2,(H,33,36). The molecule has 7 nitrogen and oxygen atoms in total. The first-order valence-electron chi connectivity index (χ1n) is 12.2. The van der Waals surface area contributed by atoms with Crippen molar-refractivity contribution >= 4 is 34.1 Å². The molecule has 5 rings (SSSR count). The Morgan fingerprint density at radius 1 is 0.947 bits per heavy atom. The van der Waals surface area contributed by atoms with Crippen LogP contribution in [0.15, 0.2) is 104 Å². The molecule has 0 radical (unpaired) electrons. The number of fused-ring (bicyclic) bond motifs is 1. The number of benzene rings is 3. The van der Waals surface area contributed by atoms with Crippen LogP contribution < -0.4 is 5.32 Å². The van der Waals surface area contributed by atoms with Crippen LogP contribution in [0, 0.1) is 10.1 Å². The number of nitrogens with zero attached hydrogens (tertiary/aromatic N) is 3. The number of nitrogens with one attached hydrogen (secondary N) is 1. The predicted molar refractivity (Wildman–Crippen MR) is 148 cm³/mol. The van der Waals surface area contributed by atoms with E-state index in [2.05, 4.69) is 14.9 Å². The van der Waals surface area contributed by atoms with Gasteiger partial charge in [0.05, 0.1) is 4.92 Å². The van der Waals surface area contributed by atoms with Crippen molar-refractivity contribution in [2.24, 2.45) is 0 Å². The zero-order valence-electron chi connectivity index (χ0n) is 20.5. The Balaban J connectivity index is 1.57. The number of non-ortho nitro benzene ring substituents is 1. The number of rotatable bonds is 9. The van der Waals surface area contributed by atoms with Crippen molar-refractivity contribution in [3.8, 4) is 0 Å². The highest BCUT2D eigenvalue weighted by Crippen LogP contribution is 2.39. The van der Waals surface area contributed by atoms with Crippen LogP contribution in [0.4, 0.5) is 5.69 Å². The Morgan fingerprint density at radius 3 is 2.42 bits per heavy atom. The molecular weight excluding hydrogens is 500 g/mol. The van der Waals surface area contributed by atoms with Crippen molar-refractivity contribution in [3.63, 3.8) is 0 Å². The van der Waals surface area contributed by atoms with Gasteiger partial charge in [-0.15, -0.1) is 0 Å². The zero-order valence-corrected chi connectivity index (χ0v) is 21.2. The molecule has 8 heteroatoms. The van der Waals surface area contributed by atoms with Gasteiger partial charge in [-0.2, -0.15) is 0 Å². The summed E-state index contributed by atoms with van der Waals surface area (Å²) in [6.45, 7) is 0.955. The number of carbonyl (C=O) groups is 1. The van der Waals surface area contributed by atoms with Gasteiger partial charge in [-0.1, -0.05) is 60.1 Å². The molecule has 0 saturated heterocycles. The molecule has 38 heavy (non-hydrogen) atoms. The quantitative estimate of drug-likeness (QED) is 0.176. The van der Waals surface area contributed by atoms with Gasteiger partial charge in [-0.25, -0.2) is 0 Å². The van der Waals surface area contributed by atoms with Crippen molar-refractivity contribution in [1.82, 2.24) is 14.9 Å². The molecule has 1 atom stereocenters. The third-order valence-electron chi connectivity index (χ3n) is 6.59. The molecule has 0 aliphatic heterocycles. The van der Waals surface area contributed by atoms with Gasteiger partial charge in [0.1, 0.15) is 0 Å². The van der Waals surface area contributed by atoms with Crippen LogP contribution in [-0.4, -0.2) is 20.4 Å². The third kappa shape index (κ3) is 5.58. The second-order valence-electron chi connectivity index (χ2n) is 9.07. The average molecular weight is 525 g/mol. The largest absolute Gasteiger partial charge is 0.352 e. The molecule has 1 N–H and O–H groups in total. The molecule has 0 bridgehead atoms. The highest BCUT2D eigenvalue weighted by molar-refractivity contribution is 6.31. The van der Waals surface area contributed by atoms with E-state index in [1.54, 1.807) is 30.6 Å². The van der Waals surface area contributed by atoms with Gasteiger partial charge >= 0.3 is 0 Å². The van der Waals surface area contributed by atoms with Crippen LogP contribution in [0.1, 0.15) is 34.6 Å². The Kier molecular flexibility index (Phi) is 7.47. The molecule has 5 aromatic rings. The topological polar surface area (TPSA) is 90.1 Å². The number of amides is 1. The molecule has 190 valence electrons. The van der Waals surface area contributed by atoms with E-state index in [-0.39, 0.29) is 18.0 Å². The maximum atomic E-state index is 13.2. The summed E-state index contributed by atoms with van der Waals surface area (Å²) in [5.41, 5.74) is 4.49. The summed E-state index contributed by atoms with van der Waals surface area (Å²) in [5.74, 6) is -0.566. The van der Waals surface area contributed by atoms with E-state index in [0.29, 0.717) is 18.1 Å². The smallest absolute Gasteiger partial charge is 0.270 e. The number of nitro benzene ring substituents is 1. The molecular formula is C30H25ClN4O3. The normalized spacial score (nSPS) is 11.8. The van der Waals surface area contributed by atoms with Crippen molar-refractivity contribution < 1.29 is 9.72 Å². The summed E-state index contributed by atoms with van der Waals surface area (Å²) in [6, 6.07) is 26.0. The van der Waals surface area contributed by atoms with Crippen molar-refractivity contribution in [2.75, 3.05) is 0 Å². The Hall–Kier alpha value is -4.49. The first-order valence-corrected chi connectivity index (χ1v) is 12.6. The van der Waals surface area contributed by atoms with Gasteiger partial charge in [0.15, 0.2) is 0 Å². The second kappa shape index (κ2) is 11.3. The molecule has 1 amide bonds. The fraction of sp³-hybridized carbons (Fsp3) is 0.133. The first kappa shape index (κ1) is 25.2. The van der Waals surface area contributed by atoms with Gasteiger partial charge in [-0.3, -0.25) is 19.9 Å². The SMILES string of the molecule is O=C(CC(c1ccccc1Cl)c1cn(Cc2ccccc2)c2ccc([N+](=O)[O-])cc12)NCc1ccncc1. The number of pyridine rings is 1. The first-order chi connectivity index (χ1) is 18.5. The highest BCUT2D eigenvalue weighted by Gasteiger charge is 2.26. The van der Waals surface area contributed by atoms with Crippen LogP contribution in [0.3, 0.4) is 0 Å². The van der Waals surface area contributed by atoms with Gasteiger partial charge in [0, 0.05) is 72.1 Å². The summed E-state index contributed by atoms with van der Waals surface area (Å²) in [7, 11) is 0. The van der Waals surface area contributed by atoms with E-state index in [0.717, 1.165) is 33.2 Å². The Labute approximate surface area is 224 Å². The lowest BCUT2D eigenvalue weighted by Gasteiger charge is -2.18. The molecule has 0 saturated carbocycles. The van der Waals surface area contributed by atoms with E-state index in [4.69, 9.17) is 11.6 Å². The Bertz CT molecular complexity index is 1590. The monoisotopic (exact) mass is 524 g/mol. The minimum Gasteiger partial charge on any atom is -0.352 e. The molecule has 0 fully saturated rings. The molecule has 0 spiro atoms. The summed E-state index contributed by atoms with van der Waals surface area (Å²) < 4.78 is 2.07. The summed E-state index contributed by atoms with van der Waals surface area (Å²) in [6.07, 6.45) is 5.48. The fourth-order valence-electron chi connectivity index (χ4n) is 4.72. The predicted octanol–water partition coefficient (Wildman–Crippen LogP) is 6.48. The van der Waals surface area contributed by atoms with E-state index in [9.17, 15) is 14.9 Å². The Morgan fingerprint density at radius 2 is 1.68 bits per heavy atom. The minimum atomic E-state index is -0.414. The van der Waals surface area contributed by atoms with Gasteiger partial charge in [-0.05, 0) is 46.5 Å². The molecule has 2 aromatic heterocycles.